The molecule has 2 aliphatic rings. The minimum atomic E-state index is 0.436. The molecule has 2 aliphatic heterocycles. The van der Waals surface area contributed by atoms with Crippen molar-refractivity contribution in [2.24, 2.45) is 0 Å². The van der Waals surface area contributed by atoms with Crippen LogP contribution in [0.3, 0.4) is 0 Å². The van der Waals surface area contributed by atoms with Gasteiger partial charge >= 0.3 is 0 Å². The maximum atomic E-state index is 5.68. The molecular formula is C9H14ClNO. The lowest BCUT2D eigenvalue weighted by atomic mass is 9.95. The van der Waals surface area contributed by atoms with Gasteiger partial charge in [-0.25, -0.2) is 0 Å². The highest BCUT2D eigenvalue weighted by molar-refractivity contribution is 6.29. The number of nitrogens with one attached hydrogen (secondary N) is 1. The van der Waals surface area contributed by atoms with E-state index in [-0.39, 0.29) is 0 Å². The largest absolute Gasteiger partial charge is 0.373 e. The summed E-state index contributed by atoms with van der Waals surface area (Å²) in [6, 6.07) is 0.513. The Kier molecular flexibility index (Phi) is 2.40. The molecule has 2 bridgehead atoms. The molecule has 0 aromatic rings. The van der Waals surface area contributed by atoms with E-state index in [1.54, 1.807) is 0 Å². The lowest BCUT2D eigenvalue weighted by Crippen LogP contribution is -2.38. The van der Waals surface area contributed by atoms with Crippen LogP contribution in [0.15, 0.2) is 11.6 Å². The third-order valence-electron chi connectivity index (χ3n) is 2.66. The first-order valence-electron chi connectivity index (χ1n) is 4.48. The fraction of sp³-hybridized carbons (Fsp3) is 0.778. The fourth-order valence-electron chi connectivity index (χ4n) is 2.09. The predicted molar refractivity (Wildman–Crippen MR) is 49.3 cm³/mol. The number of halogens is 1. The zero-order valence-electron chi connectivity index (χ0n) is 7.05. The molecule has 3 atom stereocenters. The van der Waals surface area contributed by atoms with Crippen LogP contribution in [0.25, 0.3) is 0 Å². The smallest absolute Gasteiger partial charge is 0.0733 e. The van der Waals surface area contributed by atoms with E-state index in [1.807, 2.05) is 0 Å². The van der Waals surface area contributed by atoms with Gasteiger partial charge in [0.1, 0.15) is 0 Å². The molecule has 2 saturated heterocycles. The SMILES string of the molecule is C=C(Cl)CNC1CC2CCC1O2. The van der Waals surface area contributed by atoms with Crippen LogP contribution in [0.5, 0.6) is 0 Å². The van der Waals surface area contributed by atoms with E-state index in [9.17, 15) is 0 Å². The van der Waals surface area contributed by atoms with Gasteiger partial charge in [0, 0.05) is 17.6 Å². The maximum Gasteiger partial charge on any atom is 0.0733 e. The van der Waals surface area contributed by atoms with Crippen LogP contribution in [0.2, 0.25) is 0 Å². The average Bonchev–Trinajstić information content (AvgIpc) is 2.60. The highest BCUT2D eigenvalue weighted by Gasteiger charge is 2.40. The molecule has 0 aromatic heterocycles. The van der Waals surface area contributed by atoms with Gasteiger partial charge in [0.2, 0.25) is 0 Å². The summed E-state index contributed by atoms with van der Waals surface area (Å²) in [5.74, 6) is 0. The molecule has 3 heteroatoms. The number of hydrogen-bond acceptors (Lipinski definition) is 2. The van der Waals surface area contributed by atoms with E-state index in [2.05, 4.69) is 11.9 Å². The van der Waals surface area contributed by atoms with Crippen molar-refractivity contribution in [1.82, 2.24) is 5.32 Å². The number of hydrogen-bond donors (Lipinski definition) is 1. The van der Waals surface area contributed by atoms with E-state index in [1.165, 1.54) is 12.8 Å². The zero-order chi connectivity index (χ0) is 8.55. The van der Waals surface area contributed by atoms with Crippen LogP contribution >= 0.6 is 11.6 Å². The fourth-order valence-corrected chi connectivity index (χ4v) is 2.17. The molecule has 1 N–H and O–H groups in total. The molecule has 3 unspecified atom stereocenters. The first-order valence-corrected chi connectivity index (χ1v) is 4.85. The van der Waals surface area contributed by atoms with Crippen molar-refractivity contribution < 1.29 is 4.74 Å². The Morgan fingerprint density at radius 1 is 1.58 bits per heavy atom. The molecule has 2 rings (SSSR count). The Labute approximate surface area is 77.9 Å². The van der Waals surface area contributed by atoms with Crippen LogP contribution in [0, 0.1) is 0 Å². The standard InChI is InChI=1S/C9H14ClNO/c1-6(10)5-11-8-4-7-2-3-9(8)12-7/h7-9,11H,1-5H2. The first kappa shape index (κ1) is 8.54. The Hall–Kier alpha value is -0.0500. The van der Waals surface area contributed by atoms with E-state index in [4.69, 9.17) is 16.3 Å². The van der Waals surface area contributed by atoms with Gasteiger partial charge in [-0.05, 0) is 19.3 Å². The van der Waals surface area contributed by atoms with E-state index in [0.29, 0.717) is 29.8 Å². The summed E-state index contributed by atoms with van der Waals surface area (Å²) in [6.07, 6.45) is 4.54. The number of fused-ring (bicyclic) bond motifs is 2. The van der Waals surface area contributed by atoms with Crippen molar-refractivity contribution in [2.75, 3.05) is 6.54 Å². The molecule has 0 radical (unpaired) electrons. The third-order valence-corrected chi connectivity index (χ3v) is 2.80. The second-order valence-corrected chi connectivity index (χ2v) is 4.15. The monoisotopic (exact) mass is 187 g/mol. The highest BCUT2D eigenvalue weighted by Crippen LogP contribution is 2.34. The summed E-state index contributed by atoms with van der Waals surface area (Å²) in [4.78, 5) is 0. The Morgan fingerprint density at radius 2 is 2.42 bits per heavy atom. The molecular weight excluding hydrogens is 174 g/mol. The Balaban J connectivity index is 1.79. The van der Waals surface area contributed by atoms with Crippen molar-refractivity contribution in [2.45, 2.75) is 37.5 Å². The van der Waals surface area contributed by atoms with E-state index < -0.39 is 0 Å². The third kappa shape index (κ3) is 1.65. The predicted octanol–water partition coefficient (Wildman–Crippen LogP) is 1.65. The maximum absolute atomic E-state index is 5.68. The summed E-state index contributed by atoms with van der Waals surface area (Å²) in [5, 5.41) is 4.03. The zero-order valence-corrected chi connectivity index (χ0v) is 7.81. The summed E-state index contributed by atoms with van der Waals surface area (Å²) in [5.41, 5.74) is 0. The molecule has 0 amide bonds. The Bertz CT molecular complexity index is 195. The number of ether oxygens (including phenoxy) is 1. The van der Waals surface area contributed by atoms with E-state index in [0.717, 1.165) is 6.42 Å². The minimum Gasteiger partial charge on any atom is -0.373 e. The normalized spacial score (nSPS) is 38.9. The molecule has 0 saturated carbocycles. The molecule has 2 nitrogen and oxygen atoms in total. The molecule has 2 fully saturated rings. The summed E-state index contributed by atoms with van der Waals surface area (Å²) >= 11 is 5.66. The van der Waals surface area contributed by atoms with Gasteiger partial charge in [-0.15, -0.1) is 0 Å². The van der Waals surface area contributed by atoms with Gasteiger partial charge < -0.3 is 10.1 Å². The second-order valence-electron chi connectivity index (χ2n) is 3.61. The topological polar surface area (TPSA) is 21.3 Å². The lowest BCUT2D eigenvalue weighted by molar-refractivity contribution is 0.0978. The number of rotatable bonds is 3. The van der Waals surface area contributed by atoms with Crippen LogP contribution in [0.4, 0.5) is 0 Å². The molecule has 0 aliphatic carbocycles. The molecule has 68 valence electrons. The van der Waals surface area contributed by atoms with Crippen LogP contribution in [-0.4, -0.2) is 24.8 Å². The first-order chi connectivity index (χ1) is 5.75. The van der Waals surface area contributed by atoms with E-state index >= 15 is 0 Å². The van der Waals surface area contributed by atoms with Gasteiger partial charge in [0.15, 0.2) is 0 Å². The van der Waals surface area contributed by atoms with Gasteiger partial charge in [0.05, 0.1) is 12.2 Å². The van der Waals surface area contributed by atoms with Crippen molar-refractivity contribution in [3.8, 4) is 0 Å². The summed E-state index contributed by atoms with van der Waals surface area (Å²) < 4.78 is 5.68. The average molecular weight is 188 g/mol. The Morgan fingerprint density at radius 3 is 2.92 bits per heavy atom. The molecule has 0 spiro atoms. The van der Waals surface area contributed by atoms with Gasteiger partial charge in [-0.3, -0.25) is 0 Å². The van der Waals surface area contributed by atoms with Crippen molar-refractivity contribution >= 4 is 11.6 Å². The lowest BCUT2D eigenvalue weighted by Gasteiger charge is -2.19. The van der Waals surface area contributed by atoms with Crippen molar-refractivity contribution in [1.29, 1.82) is 0 Å². The quantitative estimate of drug-likeness (QED) is 0.726. The second kappa shape index (κ2) is 3.36. The summed E-state index contributed by atoms with van der Waals surface area (Å²) in [7, 11) is 0. The highest BCUT2D eigenvalue weighted by atomic mass is 35.5. The van der Waals surface area contributed by atoms with Crippen LogP contribution < -0.4 is 5.32 Å². The molecule has 12 heavy (non-hydrogen) atoms. The van der Waals surface area contributed by atoms with Crippen molar-refractivity contribution in [3.63, 3.8) is 0 Å². The minimum absolute atomic E-state index is 0.436. The van der Waals surface area contributed by atoms with Gasteiger partial charge in [-0.1, -0.05) is 18.2 Å². The van der Waals surface area contributed by atoms with Gasteiger partial charge in [0.25, 0.3) is 0 Å². The molecule has 2 heterocycles. The molecule has 0 aromatic carbocycles. The summed E-state index contributed by atoms with van der Waals surface area (Å²) in [6.45, 7) is 4.35. The van der Waals surface area contributed by atoms with Crippen molar-refractivity contribution in [3.05, 3.63) is 11.6 Å². The van der Waals surface area contributed by atoms with Crippen LogP contribution in [0.1, 0.15) is 19.3 Å². The van der Waals surface area contributed by atoms with Crippen LogP contribution in [-0.2, 0) is 4.74 Å². The van der Waals surface area contributed by atoms with Gasteiger partial charge in [-0.2, -0.15) is 0 Å².